The van der Waals surface area contributed by atoms with Gasteiger partial charge in [-0.05, 0) is 60.6 Å². The lowest BCUT2D eigenvalue weighted by Crippen LogP contribution is -2.42. The van der Waals surface area contributed by atoms with Gasteiger partial charge in [-0.3, -0.25) is 4.90 Å². The van der Waals surface area contributed by atoms with E-state index in [1.165, 1.54) is 44.3 Å². The Labute approximate surface area is 124 Å². The summed E-state index contributed by atoms with van der Waals surface area (Å²) in [4.78, 5) is 2.78. The molecule has 0 spiro atoms. The van der Waals surface area contributed by atoms with E-state index in [-0.39, 0.29) is 0 Å². The SMILES string of the molecule is CCc1ccc2c(c1)C1CCC(CC(C)C)CN1CC2. The quantitative estimate of drug-likeness (QED) is 0.776. The van der Waals surface area contributed by atoms with E-state index in [1.807, 2.05) is 0 Å². The third kappa shape index (κ3) is 2.79. The number of hydrogen-bond acceptors (Lipinski definition) is 1. The molecule has 0 aliphatic carbocycles. The molecule has 0 N–H and O–H groups in total. The Morgan fingerprint density at radius 2 is 2.10 bits per heavy atom. The van der Waals surface area contributed by atoms with Crippen LogP contribution >= 0.6 is 0 Å². The minimum Gasteiger partial charge on any atom is -0.296 e. The molecular formula is C19H29N. The van der Waals surface area contributed by atoms with E-state index in [0.717, 1.165) is 18.3 Å². The van der Waals surface area contributed by atoms with Crippen LogP contribution in [-0.2, 0) is 12.8 Å². The highest BCUT2D eigenvalue weighted by Crippen LogP contribution is 2.40. The lowest BCUT2D eigenvalue weighted by molar-refractivity contribution is 0.0896. The van der Waals surface area contributed by atoms with Gasteiger partial charge in [0.05, 0.1) is 0 Å². The number of hydrogen-bond donors (Lipinski definition) is 0. The monoisotopic (exact) mass is 271 g/mol. The fraction of sp³-hybridized carbons (Fsp3) is 0.684. The normalized spacial score (nSPS) is 26.4. The van der Waals surface area contributed by atoms with Gasteiger partial charge in [0.15, 0.2) is 0 Å². The third-order valence-corrected chi connectivity index (χ3v) is 5.23. The molecule has 1 aromatic carbocycles. The molecule has 1 saturated heterocycles. The van der Waals surface area contributed by atoms with Crippen molar-refractivity contribution in [2.75, 3.05) is 13.1 Å². The molecule has 0 aromatic heterocycles. The van der Waals surface area contributed by atoms with Crippen molar-refractivity contribution < 1.29 is 0 Å². The first kappa shape index (κ1) is 14.1. The summed E-state index contributed by atoms with van der Waals surface area (Å²) in [6.07, 6.45) is 6.62. The molecule has 0 amide bonds. The standard InChI is InChI=1S/C19H29N/c1-4-15-5-7-17-9-10-20-13-16(11-14(2)3)6-8-19(20)18(17)12-15/h5,7,12,14,16,19H,4,6,8-11,13H2,1-3H3. The Morgan fingerprint density at radius 1 is 1.25 bits per heavy atom. The Balaban J connectivity index is 1.77. The fourth-order valence-corrected chi connectivity index (χ4v) is 4.25. The Morgan fingerprint density at radius 3 is 2.85 bits per heavy atom. The van der Waals surface area contributed by atoms with Crippen molar-refractivity contribution in [3.05, 3.63) is 34.9 Å². The summed E-state index contributed by atoms with van der Waals surface area (Å²) in [5.41, 5.74) is 4.78. The average molecular weight is 271 g/mol. The minimum absolute atomic E-state index is 0.716. The summed E-state index contributed by atoms with van der Waals surface area (Å²) in [6, 6.07) is 7.94. The lowest BCUT2D eigenvalue weighted by atomic mass is 9.80. The first-order chi connectivity index (χ1) is 9.67. The molecule has 3 rings (SSSR count). The van der Waals surface area contributed by atoms with Crippen LogP contribution in [-0.4, -0.2) is 18.0 Å². The molecule has 2 unspecified atom stereocenters. The Kier molecular flexibility index (Phi) is 4.16. The molecule has 20 heavy (non-hydrogen) atoms. The molecule has 0 radical (unpaired) electrons. The highest BCUT2D eigenvalue weighted by atomic mass is 15.2. The summed E-state index contributed by atoms with van der Waals surface area (Å²) in [5.74, 6) is 1.78. The van der Waals surface area contributed by atoms with Gasteiger partial charge in [0, 0.05) is 19.1 Å². The van der Waals surface area contributed by atoms with Gasteiger partial charge in [-0.25, -0.2) is 0 Å². The van der Waals surface area contributed by atoms with Gasteiger partial charge in [0.25, 0.3) is 0 Å². The first-order valence-corrected chi connectivity index (χ1v) is 8.53. The van der Waals surface area contributed by atoms with E-state index in [2.05, 4.69) is 43.9 Å². The van der Waals surface area contributed by atoms with E-state index in [1.54, 1.807) is 11.1 Å². The van der Waals surface area contributed by atoms with Crippen molar-refractivity contribution in [3.63, 3.8) is 0 Å². The van der Waals surface area contributed by atoms with Gasteiger partial charge in [-0.1, -0.05) is 39.0 Å². The van der Waals surface area contributed by atoms with Crippen LogP contribution in [0.2, 0.25) is 0 Å². The summed E-state index contributed by atoms with van der Waals surface area (Å²) in [7, 11) is 0. The van der Waals surface area contributed by atoms with E-state index in [0.29, 0.717) is 6.04 Å². The topological polar surface area (TPSA) is 3.24 Å². The molecule has 2 atom stereocenters. The highest BCUT2D eigenvalue weighted by Gasteiger charge is 2.33. The number of nitrogens with zero attached hydrogens (tertiary/aromatic N) is 1. The number of rotatable bonds is 3. The van der Waals surface area contributed by atoms with E-state index < -0.39 is 0 Å². The smallest absolute Gasteiger partial charge is 0.0351 e. The largest absolute Gasteiger partial charge is 0.296 e. The van der Waals surface area contributed by atoms with Gasteiger partial charge >= 0.3 is 0 Å². The van der Waals surface area contributed by atoms with Crippen LogP contribution in [0, 0.1) is 11.8 Å². The van der Waals surface area contributed by atoms with Crippen LogP contribution in [0.1, 0.15) is 62.8 Å². The zero-order valence-corrected chi connectivity index (χ0v) is 13.4. The van der Waals surface area contributed by atoms with Gasteiger partial charge in [-0.2, -0.15) is 0 Å². The minimum atomic E-state index is 0.716. The maximum atomic E-state index is 2.78. The van der Waals surface area contributed by atoms with Crippen molar-refractivity contribution in [2.24, 2.45) is 11.8 Å². The molecule has 1 aromatic rings. The van der Waals surface area contributed by atoms with Crippen LogP contribution < -0.4 is 0 Å². The van der Waals surface area contributed by atoms with Gasteiger partial charge in [-0.15, -0.1) is 0 Å². The highest BCUT2D eigenvalue weighted by molar-refractivity contribution is 5.36. The van der Waals surface area contributed by atoms with Crippen LogP contribution in [0.25, 0.3) is 0 Å². The number of fused-ring (bicyclic) bond motifs is 3. The lowest BCUT2D eigenvalue weighted by Gasteiger charge is -2.44. The third-order valence-electron chi connectivity index (χ3n) is 5.23. The zero-order valence-electron chi connectivity index (χ0n) is 13.4. The maximum absolute atomic E-state index is 2.78. The van der Waals surface area contributed by atoms with Gasteiger partial charge < -0.3 is 0 Å². The second kappa shape index (κ2) is 5.89. The van der Waals surface area contributed by atoms with Gasteiger partial charge in [0.2, 0.25) is 0 Å². The molecule has 2 aliphatic rings. The fourth-order valence-electron chi connectivity index (χ4n) is 4.25. The van der Waals surface area contributed by atoms with Crippen LogP contribution in [0.15, 0.2) is 18.2 Å². The molecule has 0 saturated carbocycles. The number of aryl methyl sites for hydroxylation is 1. The second-order valence-corrected chi connectivity index (χ2v) is 7.22. The molecule has 110 valence electrons. The number of benzene rings is 1. The molecule has 0 bridgehead atoms. The summed E-state index contributed by atoms with van der Waals surface area (Å²) in [6.45, 7) is 9.61. The van der Waals surface area contributed by atoms with Crippen molar-refractivity contribution in [2.45, 2.75) is 58.9 Å². The predicted octanol–water partition coefficient (Wildman–Crippen LogP) is 4.60. The molecular weight excluding hydrogens is 242 g/mol. The second-order valence-electron chi connectivity index (χ2n) is 7.22. The Bertz CT molecular complexity index is 463. The van der Waals surface area contributed by atoms with Crippen LogP contribution in [0.4, 0.5) is 0 Å². The molecule has 1 fully saturated rings. The molecule has 2 aliphatic heterocycles. The maximum Gasteiger partial charge on any atom is 0.0351 e. The van der Waals surface area contributed by atoms with Crippen molar-refractivity contribution >= 4 is 0 Å². The summed E-state index contributed by atoms with van der Waals surface area (Å²) in [5, 5.41) is 0. The number of piperidine rings is 1. The van der Waals surface area contributed by atoms with Crippen LogP contribution in [0.5, 0.6) is 0 Å². The van der Waals surface area contributed by atoms with E-state index in [9.17, 15) is 0 Å². The molecule has 1 nitrogen and oxygen atoms in total. The molecule has 2 heterocycles. The molecule has 1 heteroatoms. The Hall–Kier alpha value is -0.820. The van der Waals surface area contributed by atoms with Crippen molar-refractivity contribution in [1.82, 2.24) is 4.90 Å². The van der Waals surface area contributed by atoms with Crippen molar-refractivity contribution in [3.8, 4) is 0 Å². The first-order valence-electron chi connectivity index (χ1n) is 8.53. The average Bonchev–Trinajstić information content (AvgIpc) is 2.45. The van der Waals surface area contributed by atoms with E-state index in [4.69, 9.17) is 0 Å². The van der Waals surface area contributed by atoms with E-state index >= 15 is 0 Å². The predicted molar refractivity (Wildman–Crippen MR) is 86.0 cm³/mol. The van der Waals surface area contributed by atoms with Crippen LogP contribution in [0.3, 0.4) is 0 Å². The summed E-state index contributed by atoms with van der Waals surface area (Å²) < 4.78 is 0. The van der Waals surface area contributed by atoms with Crippen molar-refractivity contribution in [1.29, 1.82) is 0 Å². The zero-order chi connectivity index (χ0) is 14.1. The summed E-state index contributed by atoms with van der Waals surface area (Å²) >= 11 is 0. The van der Waals surface area contributed by atoms with Gasteiger partial charge in [0.1, 0.15) is 0 Å².